The van der Waals surface area contributed by atoms with Crippen LogP contribution in [0.3, 0.4) is 0 Å². The lowest BCUT2D eigenvalue weighted by Crippen LogP contribution is -2.62. The molecule has 1 atom stereocenters. The third-order valence-corrected chi connectivity index (χ3v) is 5.99. The number of methoxy groups -OCH3 is 1. The summed E-state index contributed by atoms with van der Waals surface area (Å²) in [4.78, 5) is 15.0. The molecule has 1 spiro atoms. The first kappa shape index (κ1) is 15.7. The second kappa shape index (κ2) is 5.92. The second-order valence-electron chi connectivity index (χ2n) is 6.69. The Hall–Kier alpha value is -1.81. The molecule has 2 fully saturated rings. The van der Waals surface area contributed by atoms with Crippen molar-refractivity contribution in [3.63, 3.8) is 0 Å². The van der Waals surface area contributed by atoms with Gasteiger partial charge < -0.3 is 9.64 Å². The molecular formula is C20H20BrNO2. The number of nitrogens with zero attached hydrogens (tertiary/aromatic N) is 1. The zero-order valence-corrected chi connectivity index (χ0v) is 15.3. The molecule has 0 N–H and O–H groups in total. The van der Waals surface area contributed by atoms with E-state index in [0.29, 0.717) is 0 Å². The standard InChI is InChI=1S/C20H20BrNO2/c1-24-17-10-4-14(5-11-17)18-20(12-2-3-13-20)19(23)22(18)16-8-6-15(21)7-9-16/h4-11,18H,2-3,12-13H2,1H3/t18-/m0/s1. The molecule has 0 radical (unpaired) electrons. The number of halogens is 1. The molecule has 1 saturated carbocycles. The number of ether oxygens (including phenoxy) is 1. The maximum absolute atomic E-state index is 13.1. The SMILES string of the molecule is COc1ccc([C@@H]2N(c3ccc(Br)cc3)C(=O)C23CCCC3)cc1. The first-order valence-corrected chi connectivity index (χ1v) is 9.18. The molecule has 1 aliphatic carbocycles. The molecule has 1 heterocycles. The molecule has 0 aromatic heterocycles. The third kappa shape index (κ3) is 2.27. The predicted octanol–water partition coefficient (Wildman–Crippen LogP) is 5.11. The molecule has 0 unspecified atom stereocenters. The van der Waals surface area contributed by atoms with Crippen molar-refractivity contribution in [2.75, 3.05) is 12.0 Å². The predicted molar refractivity (Wildman–Crippen MR) is 98.3 cm³/mol. The molecule has 2 aromatic carbocycles. The van der Waals surface area contributed by atoms with Crippen LogP contribution in [-0.4, -0.2) is 13.0 Å². The van der Waals surface area contributed by atoms with E-state index in [1.807, 2.05) is 41.3 Å². The van der Waals surface area contributed by atoms with E-state index >= 15 is 0 Å². The van der Waals surface area contributed by atoms with E-state index in [1.165, 1.54) is 5.56 Å². The normalized spacial score (nSPS) is 21.8. The minimum absolute atomic E-state index is 0.125. The van der Waals surface area contributed by atoms with E-state index in [0.717, 1.165) is 41.6 Å². The van der Waals surface area contributed by atoms with Gasteiger partial charge in [-0.25, -0.2) is 0 Å². The van der Waals surface area contributed by atoms with Crippen LogP contribution in [0.25, 0.3) is 0 Å². The van der Waals surface area contributed by atoms with E-state index in [4.69, 9.17) is 4.74 Å². The molecule has 24 heavy (non-hydrogen) atoms. The van der Waals surface area contributed by atoms with Crippen LogP contribution in [0.4, 0.5) is 5.69 Å². The van der Waals surface area contributed by atoms with Gasteiger partial charge in [-0.15, -0.1) is 0 Å². The first-order valence-electron chi connectivity index (χ1n) is 8.39. The van der Waals surface area contributed by atoms with Gasteiger partial charge in [0, 0.05) is 10.2 Å². The zero-order chi connectivity index (χ0) is 16.7. The van der Waals surface area contributed by atoms with Crippen LogP contribution in [0.1, 0.15) is 37.3 Å². The highest BCUT2D eigenvalue weighted by atomic mass is 79.9. The molecule has 1 saturated heterocycles. The molecule has 4 rings (SSSR count). The molecule has 3 nitrogen and oxygen atoms in total. The summed E-state index contributed by atoms with van der Waals surface area (Å²) in [5, 5.41) is 0. The van der Waals surface area contributed by atoms with Crippen LogP contribution >= 0.6 is 15.9 Å². The van der Waals surface area contributed by atoms with Gasteiger partial charge in [0.15, 0.2) is 0 Å². The maximum Gasteiger partial charge on any atom is 0.236 e. The van der Waals surface area contributed by atoms with Crippen LogP contribution in [0.15, 0.2) is 53.0 Å². The summed E-state index contributed by atoms with van der Waals surface area (Å²) in [5.41, 5.74) is 1.96. The molecule has 2 aromatic rings. The molecule has 4 heteroatoms. The summed E-state index contributed by atoms with van der Waals surface area (Å²) in [7, 11) is 1.68. The van der Waals surface area contributed by atoms with Gasteiger partial charge in [-0.1, -0.05) is 40.9 Å². The number of carbonyl (C=O) groups excluding carboxylic acids is 1. The van der Waals surface area contributed by atoms with Crippen LogP contribution in [0.2, 0.25) is 0 Å². The van der Waals surface area contributed by atoms with Crippen molar-refractivity contribution < 1.29 is 9.53 Å². The van der Waals surface area contributed by atoms with Gasteiger partial charge in [-0.05, 0) is 54.8 Å². The number of hydrogen-bond acceptors (Lipinski definition) is 2. The third-order valence-electron chi connectivity index (χ3n) is 5.46. The summed E-state index contributed by atoms with van der Waals surface area (Å²) in [6.07, 6.45) is 4.28. The summed E-state index contributed by atoms with van der Waals surface area (Å²) in [6, 6.07) is 16.3. The number of β-lactam (4-membered cyclic amide) rings is 1. The van der Waals surface area contributed by atoms with E-state index in [9.17, 15) is 4.79 Å². The number of hydrogen-bond donors (Lipinski definition) is 0. The van der Waals surface area contributed by atoms with Gasteiger partial charge in [-0.3, -0.25) is 4.79 Å². The Morgan fingerprint density at radius 1 is 1.04 bits per heavy atom. The van der Waals surface area contributed by atoms with Crippen LogP contribution in [0, 0.1) is 5.41 Å². The summed E-state index contributed by atoms with van der Waals surface area (Å²) >= 11 is 3.47. The summed E-state index contributed by atoms with van der Waals surface area (Å²) in [6.45, 7) is 0. The Labute approximate surface area is 150 Å². The van der Waals surface area contributed by atoms with Crippen LogP contribution in [0.5, 0.6) is 5.75 Å². The Kier molecular flexibility index (Phi) is 3.87. The Morgan fingerprint density at radius 2 is 1.67 bits per heavy atom. The lowest BCUT2D eigenvalue weighted by Gasteiger charge is -2.55. The Bertz CT molecular complexity index is 748. The minimum Gasteiger partial charge on any atom is -0.497 e. The fourth-order valence-corrected chi connectivity index (χ4v) is 4.53. The van der Waals surface area contributed by atoms with Crippen LogP contribution < -0.4 is 9.64 Å². The topological polar surface area (TPSA) is 29.5 Å². The van der Waals surface area contributed by atoms with Crippen molar-refractivity contribution in [1.82, 2.24) is 0 Å². The minimum atomic E-state index is -0.207. The smallest absolute Gasteiger partial charge is 0.236 e. The first-order chi connectivity index (χ1) is 11.7. The monoisotopic (exact) mass is 385 g/mol. The van der Waals surface area contributed by atoms with Gasteiger partial charge in [0.05, 0.1) is 18.6 Å². The van der Waals surface area contributed by atoms with Gasteiger partial charge in [-0.2, -0.15) is 0 Å². The van der Waals surface area contributed by atoms with Gasteiger partial charge in [0.25, 0.3) is 0 Å². The molecule has 1 aliphatic heterocycles. The highest BCUT2D eigenvalue weighted by Crippen LogP contribution is 2.60. The average Bonchev–Trinajstić information content (AvgIpc) is 3.13. The highest BCUT2D eigenvalue weighted by Gasteiger charge is 2.62. The van der Waals surface area contributed by atoms with Crippen molar-refractivity contribution >= 4 is 27.5 Å². The van der Waals surface area contributed by atoms with E-state index < -0.39 is 0 Å². The summed E-state index contributed by atoms with van der Waals surface area (Å²) < 4.78 is 6.30. The van der Waals surface area contributed by atoms with Crippen molar-refractivity contribution in [2.45, 2.75) is 31.7 Å². The Balaban J connectivity index is 1.74. The highest BCUT2D eigenvalue weighted by molar-refractivity contribution is 9.10. The van der Waals surface area contributed by atoms with E-state index in [-0.39, 0.29) is 17.4 Å². The molecular weight excluding hydrogens is 366 g/mol. The van der Waals surface area contributed by atoms with Crippen molar-refractivity contribution in [3.8, 4) is 5.75 Å². The van der Waals surface area contributed by atoms with Crippen molar-refractivity contribution in [3.05, 3.63) is 58.6 Å². The van der Waals surface area contributed by atoms with Crippen molar-refractivity contribution in [2.24, 2.45) is 5.41 Å². The Morgan fingerprint density at radius 3 is 2.25 bits per heavy atom. The number of carbonyl (C=O) groups is 1. The number of benzene rings is 2. The number of amides is 1. The lowest BCUT2D eigenvalue weighted by molar-refractivity contribution is -0.139. The van der Waals surface area contributed by atoms with E-state index in [1.54, 1.807) is 7.11 Å². The quantitative estimate of drug-likeness (QED) is 0.687. The zero-order valence-electron chi connectivity index (χ0n) is 13.7. The van der Waals surface area contributed by atoms with Crippen LogP contribution in [-0.2, 0) is 4.79 Å². The largest absolute Gasteiger partial charge is 0.497 e. The summed E-state index contributed by atoms with van der Waals surface area (Å²) in [5.74, 6) is 1.13. The second-order valence-corrected chi connectivity index (χ2v) is 7.61. The molecule has 124 valence electrons. The molecule has 0 bridgehead atoms. The fourth-order valence-electron chi connectivity index (χ4n) is 4.27. The number of rotatable bonds is 3. The van der Waals surface area contributed by atoms with Crippen molar-refractivity contribution in [1.29, 1.82) is 0 Å². The van der Waals surface area contributed by atoms with Gasteiger partial charge in [0.1, 0.15) is 5.75 Å². The number of anilines is 1. The van der Waals surface area contributed by atoms with Gasteiger partial charge >= 0.3 is 0 Å². The molecule has 2 aliphatic rings. The maximum atomic E-state index is 13.1. The molecule has 1 amide bonds. The average molecular weight is 386 g/mol. The lowest BCUT2D eigenvalue weighted by atomic mass is 9.66. The van der Waals surface area contributed by atoms with Gasteiger partial charge in [0.2, 0.25) is 5.91 Å². The fraction of sp³-hybridized carbons (Fsp3) is 0.350. The van der Waals surface area contributed by atoms with E-state index in [2.05, 4.69) is 28.1 Å².